The lowest BCUT2D eigenvalue weighted by molar-refractivity contribution is 0.0599. The molecule has 23 heavy (non-hydrogen) atoms. The molecular weight excluding hydrogens is 382 g/mol. The number of nitrogens with one attached hydrogen (secondary N) is 1. The molecule has 0 unspecified atom stereocenters. The molecule has 0 saturated carbocycles. The van der Waals surface area contributed by atoms with E-state index in [1.807, 2.05) is 19.9 Å². The van der Waals surface area contributed by atoms with Gasteiger partial charge in [-0.3, -0.25) is 4.72 Å². The van der Waals surface area contributed by atoms with Gasteiger partial charge in [-0.2, -0.15) is 0 Å². The zero-order valence-corrected chi connectivity index (χ0v) is 15.3. The van der Waals surface area contributed by atoms with Crippen LogP contribution >= 0.6 is 15.9 Å². The van der Waals surface area contributed by atoms with Gasteiger partial charge in [0.2, 0.25) is 0 Å². The summed E-state index contributed by atoms with van der Waals surface area (Å²) in [4.78, 5) is 11.7. The number of anilines is 1. The summed E-state index contributed by atoms with van der Waals surface area (Å²) in [5.41, 5.74) is 2.53. The highest BCUT2D eigenvalue weighted by Crippen LogP contribution is 2.24. The van der Waals surface area contributed by atoms with Crippen LogP contribution in [0, 0.1) is 13.8 Å². The number of carbonyl (C=O) groups excluding carboxylic acids is 1. The summed E-state index contributed by atoms with van der Waals surface area (Å²) >= 11 is 3.21. The van der Waals surface area contributed by atoms with Gasteiger partial charge in [0.15, 0.2) is 0 Å². The molecule has 7 heteroatoms. The third-order valence-corrected chi connectivity index (χ3v) is 5.20. The summed E-state index contributed by atoms with van der Waals surface area (Å²) in [6.45, 7) is 3.78. The Balaban J connectivity index is 2.41. The van der Waals surface area contributed by atoms with Crippen LogP contribution in [0.5, 0.6) is 0 Å². The Hall–Kier alpha value is -1.86. The summed E-state index contributed by atoms with van der Waals surface area (Å²) in [6, 6.07) is 9.63. The number of esters is 1. The Morgan fingerprint density at radius 2 is 1.70 bits per heavy atom. The smallest absolute Gasteiger partial charge is 0.339 e. The maximum absolute atomic E-state index is 12.5. The molecule has 2 aromatic rings. The fourth-order valence-electron chi connectivity index (χ4n) is 2.19. The quantitative estimate of drug-likeness (QED) is 0.798. The number of sulfonamides is 1. The van der Waals surface area contributed by atoms with Crippen molar-refractivity contribution in [1.82, 2.24) is 0 Å². The van der Waals surface area contributed by atoms with Gasteiger partial charge in [-0.05, 0) is 71.2 Å². The molecule has 0 fully saturated rings. The number of methoxy groups -OCH3 is 1. The summed E-state index contributed by atoms with van der Waals surface area (Å²) in [7, 11) is -2.57. The third kappa shape index (κ3) is 4.11. The van der Waals surface area contributed by atoms with Gasteiger partial charge < -0.3 is 4.74 Å². The average Bonchev–Trinajstić information content (AvgIpc) is 2.45. The van der Waals surface area contributed by atoms with Crippen molar-refractivity contribution in [1.29, 1.82) is 0 Å². The molecule has 0 aliphatic carbocycles. The van der Waals surface area contributed by atoms with Crippen LogP contribution in [0.15, 0.2) is 45.8 Å². The largest absolute Gasteiger partial charge is 0.465 e. The van der Waals surface area contributed by atoms with E-state index in [4.69, 9.17) is 0 Å². The van der Waals surface area contributed by atoms with E-state index in [9.17, 15) is 13.2 Å². The first-order valence-corrected chi connectivity index (χ1v) is 8.99. The van der Waals surface area contributed by atoms with Crippen molar-refractivity contribution in [2.45, 2.75) is 18.7 Å². The number of hydrogen-bond acceptors (Lipinski definition) is 4. The Kier molecular flexibility index (Phi) is 5.11. The van der Waals surface area contributed by atoms with Crippen molar-refractivity contribution in [3.05, 3.63) is 57.6 Å². The maximum Gasteiger partial charge on any atom is 0.339 e. The molecule has 0 aromatic heterocycles. The lowest BCUT2D eigenvalue weighted by Crippen LogP contribution is -2.14. The predicted octanol–water partition coefficient (Wildman–Crippen LogP) is 3.65. The zero-order valence-electron chi connectivity index (χ0n) is 12.9. The van der Waals surface area contributed by atoms with Crippen LogP contribution in [0.25, 0.3) is 0 Å². The van der Waals surface area contributed by atoms with E-state index in [1.165, 1.54) is 25.3 Å². The lowest BCUT2D eigenvalue weighted by Gasteiger charge is -2.11. The van der Waals surface area contributed by atoms with E-state index >= 15 is 0 Å². The molecule has 0 aliphatic rings. The van der Waals surface area contributed by atoms with Gasteiger partial charge in [0.05, 0.1) is 17.6 Å². The minimum absolute atomic E-state index is 0.0136. The van der Waals surface area contributed by atoms with Gasteiger partial charge in [-0.15, -0.1) is 0 Å². The molecule has 1 N–H and O–H groups in total. The number of hydrogen-bond donors (Lipinski definition) is 1. The van der Waals surface area contributed by atoms with E-state index in [2.05, 4.69) is 25.4 Å². The number of aryl methyl sites for hydroxylation is 2. The molecule has 2 aromatic carbocycles. The van der Waals surface area contributed by atoms with Gasteiger partial charge in [0.1, 0.15) is 0 Å². The topological polar surface area (TPSA) is 72.5 Å². The van der Waals surface area contributed by atoms with Gasteiger partial charge in [-0.1, -0.05) is 6.07 Å². The number of carbonyl (C=O) groups is 1. The minimum atomic E-state index is -3.81. The molecular formula is C16H16BrNO4S. The van der Waals surface area contributed by atoms with Crippen LogP contribution in [0.1, 0.15) is 21.5 Å². The van der Waals surface area contributed by atoms with E-state index < -0.39 is 16.0 Å². The molecule has 5 nitrogen and oxygen atoms in total. The van der Waals surface area contributed by atoms with Crippen molar-refractivity contribution < 1.29 is 17.9 Å². The first-order valence-electron chi connectivity index (χ1n) is 6.72. The highest BCUT2D eigenvalue weighted by atomic mass is 79.9. The number of halogens is 1. The highest BCUT2D eigenvalue weighted by molar-refractivity contribution is 9.10. The summed E-state index contributed by atoms with van der Waals surface area (Å²) < 4.78 is 32.7. The van der Waals surface area contributed by atoms with Crippen LogP contribution in [-0.2, 0) is 14.8 Å². The molecule has 122 valence electrons. The fourth-order valence-corrected chi connectivity index (χ4v) is 3.66. The number of benzene rings is 2. The molecule has 0 radical (unpaired) electrons. The second kappa shape index (κ2) is 6.72. The average molecular weight is 398 g/mol. The number of rotatable bonds is 4. The monoisotopic (exact) mass is 397 g/mol. The molecule has 0 aliphatic heterocycles. The predicted molar refractivity (Wildman–Crippen MR) is 92.2 cm³/mol. The van der Waals surface area contributed by atoms with Gasteiger partial charge in [-0.25, -0.2) is 13.2 Å². The molecule has 2 rings (SSSR count). The Morgan fingerprint density at radius 1 is 1.09 bits per heavy atom. The van der Waals surface area contributed by atoms with Crippen molar-refractivity contribution in [3.8, 4) is 0 Å². The van der Waals surface area contributed by atoms with Crippen molar-refractivity contribution in [2.75, 3.05) is 11.8 Å². The fraction of sp³-hybridized carbons (Fsp3) is 0.188. The van der Waals surface area contributed by atoms with Crippen molar-refractivity contribution in [2.24, 2.45) is 0 Å². The van der Waals surface area contributed by atoms with Crippen LogP contribution in [0.3, 0.4) is 0 Å². The summed E-state index contributed by atoms with van der Waals surface area (Å²) in [5, 5.41) is 0. The Morgan fingerprint density at radius 3 is 2.26 bits per heavy atom. The van der Waals surface area contributed by atoms with Crippen LogP contribution in [-0.4, -0.2) is 21.5 Å². The van der Waals surface area contributed by atoms with Crippen LogP contribution in [0.2, 0.25) is 0 Å². The third-order valence-electron chi connectivity index (χ3n) is 3.13. The lowest BCUT2D eigenvalue weighted by atomic mass is 10.1. The van der Waals surface area contributed by atoms with E-state index in [-0.39, 0.29) is 10.5 Å². The molecule has 0 bridgehead atoms. The second-order valence-electron chi connectivity index (χ2n) is 5.12. The first kappa shape index (κ1) is 17.5. The van der Waals surface area contributed by atoms with Gasteiger partial charge in [0, 0.05) is 10.2 Å². The molecule has 0 amide bonds. The summed E-state index contributed by atoms with van der Waals surface area (Å²) in [6.07, 6.45) is 0. The molecule has 0 spiro atoms. The van der Waals surface area contributed by atoms with E-state index in [0.717, 1.165) is 11.1 Å². The van der Waals surface area contributed by atoms with Crippen molar-refractivity contribution >= 4 is 37.6 Å². The molecule has 0 atom stereocenters. The van der Waals surface area contributed by atoms with Gasteiger partial charge >= 0.3 is 5.97 Å². The Labute approximate surface area is 143 Å². The number of ether oxygens (including phenoxy) is 1. The normalized spacial score (nSPS) is 11.1. The van der Waals surface area contributed by atoms with Gasteiger partial charge in [0.25, 0.3) is 10.0 Å². The van der Waals surface area contributed by atoms with Crippen LogP contribution < -0.4 is 4.72 Å². The summed E-state index contributed by atoms with van der Waals surface area (Å²) in [5.74, 6) is -0.611. The molecule has 0 heterocycles. The molecule has 0 saturated heterocycles. The zero-order chi connectivity index (χ0) is 17.2. The second-order valence-corrected chi connectivity index (χ2v) is 7.65. The Bertz CT molecular complexity index is 842. The van der Waals surface area contributed by atoms with Crippen LogP contribution in [0.4, 0.5) is 5.69 Å². The SMILES string of the molecule is COC(=O)c1cc(S(=O)(=O)Nc2cc(C)cc(C)c2)ccc1Br. The van der Waals surface area contributed by atoms with E-state index in [0.29, 0.717) is 10.2 Å². The van der Waals surface area contributed by atoms with E-state index in [1.54, 1.807) is 12.1 Å². The highest BCUT2D eigenvalue weighted by Gasteiger charge is 2.19. The minimum Gasteiger partial charge on any atom is -0.465 e. The first-order chi connectivity index (χ1) is 10.7. The van der Waals surface area contributed by atoms with Crippen molar-refractivity contribution in [3.63, 3.8) is 0 Å². The standard InChI is InChI=1S/C16H16BrNO4S/c1-10-6-11(2)8-12(7-10)18-23(20,21)13-4-5-15(17)14(9-13)16(19)22-3/h4-9,18H,1-3H3. The maximum atomic E-state index is 12.5.